The molecule has 2 aromatic rings. The smallest absolute Gasteiger partial charge is 0.232 e. The van der Waals surface area contributed by atoms with Gasteiger partial charge in [0.2, 0.25) is 11.8 Å². The Labute approximate surface area is 141 Å². The number of rotatable bonds is 5. The van der Waals surface area contributed by atoms with Gasteiger partial charge in [-0.25, -0.2) is 4.98 Å². The third-order valence-corrected chi connectivity index (χ3v) is 4.68. The van der Waals surface area contributed by atoms with E-state index >= 15 is 0 Å². The highest BCUT2D eigenvalue weighted by molar-refractivity contribution is 9.10. The Morgan fingerprint density at radius 1 is 1.48 bits per heavy atom. The first-order valence-electron chi connectivity index (χ1n) is 7.52. The van der Waals surface area contributed by atoms with Gasteiger partial charge < -0.3 is 10.1 Å². The van der Waals surface area contributed by atoms with E-state index in [0.29, 0.717) is 22.2 Å². The molecule has 118 valence electrons. The molecular formula is C15H15BrN6O. The molecule has 8 heteroatoms. The molecule has 0 aromatic carbocycles. The van der Waals surface area contributed by atoms with Crippen LogP contribution in [0.5, 0.6) is 5.88 Å². The number of halogens is 1. The fourth-order valence-corrected chi connectivity index (χ4v) is 2.97. The summed E-state index contributed by atoms with van der Waals surface area (Å²) in [5.41, 5.74) is 1.96. The second kappa shape index (κ2) is 5.49. The van der Waals surface area contributed by atoms with E-state index in [4.69, 9.17) is 15.1 Å². The largest absolute Gasteiger partial charge is 0.480 e. The second-order valence-electron chi connectivity index (χ2n) is 5.90. The van der Waals surface area contributed by atoms with Gasteiger partial charge in [-0.3, -0.25) is 4.68 Å². The third kappa shape index (κ3) is 2.77. The van der Waals surface area contributed by atoms with Gasteiger partial charge in [0.05, 0.1) is 47.2 Å². The van der Waals surface area contributed by atoms with Crippen LogP contribution in [0.25, 0.3) is 0 Å². The van der Waals surface area contributed by atoms with Crippen LogP contribution < -0.4 is 10.1 Å². The van der Waals surface area contributed by atoms with Crippen LogP contribution in [0.4, 0.5) is 11.6 Å². The van der Waals surface area contributed by atoms with Crippen molar-refractivity contribution in [2.24, 2.45) is 5.92 Å². The van der Waals surface area contributed by atoms with Gasteiger partial charge in [0.1, 0.15) is 0 Å². The summed E-state index contributed by atoms with van der Waals surface area (Å²) in [7, 11) is 1.57. The number of methoxy groups -OCH3 is 1. The Kier molecular flexibility index (Phi) is 3.45. The number of nitrogens with one attached hydrogen (secondary N) is 1. The SMILES string of the molecule is COc1nc(Nc2cn(C3C[C@@H]3C#N)nc2C2CC2)ncc1Br. The highest BCUT2D eigenvalue weighted by Crippen LogP contribution is 2.47. The zero-order valence-electron chi connectivity index (χ0n) is 12.5. The van der Waals surface area contributed by atoms with Gasteiger partial charge in [-0.05, 0) is 35.2 Å². The van der Waals surface area contributed by atoms with E-state index in [2.05, 4.69) is 37.3 Å². The minimum atomic E-state index is 0.0822. The standard InChI is InChI=1S/C15H15BrN6O/c1-23-14-10(16)6-18-15(20-14)19-11-7-22(12-4-9(12)5-17)21-13(11)8-2-3-8/h6-9,12H,2-4H2,1H3,(H,18,19,20)/t9-,12?/m1/s1. The average Bonchev–Trinajstić information content (AvgIpc) is 3.48. The molecule has 2 atom stereocenters. The molecule has 0 spiro atoms. The number of nitriles is 1. The predicted molar refractivity (Wildman–Crippen MR) is 86.5 cm³/mol. The van der Waals surface area contributed by atoms with Gasteiger partial charge in [-0.2, -0.15) is 15.3 Å². The molecule has 1 N–H and O–H groups in total. The van der Waals surface area contributed by atoms with Crippen LogP contribution in [0.15, 0.2) is 16.9 Å². The van der Waals surface area contributed by atoms with E-state index in [1.165, 1.54) is 0 Å². The Morgan fingerprint density at radius 3 is 2.96 bits per heavy atom. The summed E-state index contributed by atoms with van der Waals surface area (Å²) in [6.07, 6.45) is 6.81. The molecule has 0 aliphatic heterocycles. The number of nitrogens with zero attached hydrogens (tertiary/aromatic N) is 5. The van der Waals surface area contributed by atoms with Crippen molar-refractivity contribution in [3.05, 3.63) is 22.6 Å². The lowest BCUT2D eigenvalue weighted by Crippen LogP contribution is -2.00. The Morgan fingerprint density at radius 2 is 2.30 bits per heavy atom. The summed E-state index contributed by atoms with van der Waals surface area (Å²) >= 11 is 3.34. The van der Waals surface area contributed by atoms with E-state index in [0.717, 1.165) is 30.6 Å². The average molecular weight is 375 g/mol. The number of ether oxygens (including phenoxy) is 1. The van der Waals surface area contributed by atoms with E-state index in [-0.39, 0.29) is 12.0 Å². The molecule has 2 aliphatic carbocycles. The normalized spacial score (nSPS) is 22.5. The van der Waals surface area contributed by atoms with Crippen LogP contribution in [-0.4, -0.2) is 26.9 Å². The Bertz CT molecular complexity index is 794. The number of anilines is 2. The van der Waals surface area contributed by atoms with Gasteiger partial charge in [0.15, 0.2) is 0 Å². The lowest BCUT2D eigenvalue weighted by Gasteiger charge is -2.06. The first-order valence-corrected chi connectivity index (χ1v) is 8.31. The highest BCUT2D eigenvalue weighted by atomic mass is 79.9. The van der Waals surface area contributed by atoms with Crippen LogP contribution >= 0.6 is 15.9 Å². The summed E-state index contributed by atoms with van der Waals surface area (Å²) in [4.78, 5) is 8.59. The van der Waals surface area contributed by atoms with Gasteiger partial charge in [-0.15, -0.1) is 0 Å². The minimum absolute atomic E-state index is 0.0822. The second-order valence-corrected chi connectivity index (χ2v) is 6.75. The predicted octanol–water partition coefficient (Wildman–Crippen LogP) is 3.15. The van der Waals surface area contributed by atoms with Gasteiger partial charge in [-0.1, -0.05) is 0 Å². The molecule has 0 radical (unpaired) electrons. The van der Waals surface area contributed by atoms with Crippen molar-refractivity contribution in [3.8, 4) is 11.9 Å². The number of aromatic nitrogens is 4. The fourth-order valence-electron chi connectivity index (χ4n) is 2.62. The van der Waals surface area contributed by atoms with Gasteiger partial charge >= 0.3 is 0 Å². The quantitative estimate of drug-likeness (QED) is 0.864. The summed E-state index contributed by atoms with van der Waals surface area (Å²) < 4.78 is 7.82. The first kappa shape index (κ1) is 14.5. The molecule has 7 nitrogen and oxygen atoms in total. The van der Waals surface area contributed by atoms with E-state index < -0.39 is 0 Å². The monoisotopic (exact) mass is 374 g/mol. The summed E-state index contributed by atoms with van der Waals surface area (Å²) in [6, 6.07) is 2.51. The zero-order valence-corrected chi connectivity index (χ0v) is 14.1. The van der Waals surface area contributed by atoms with Crippen molar-refractivity contribution in [2.45, 2.75) is 31.2 Å². The fraction of sp³-hybridized carbons (Fsp3) is 0.467. The topological polar surface area (TPSA) is 88.6 Å². The van der Waals surface area contributed by atoms with Gasteiger partial charge in [0, 0.05) is 12.1 Å². The van der Waals surface area contributed by atoms with Crippen molar-refractivity contribution in [3.63, 3.8) is 0 Å². The molecule has 2 aliphatic rings. The van der Waals surface area contributed by atoms with Crippen LogP contribution in [-0.2, 0) is 0 Å². The van der Waals surface area contributed by atoms with Crippen LogP contribution in [0.3, 0.4) is 0 Å². The van der Waals surface area contributed by atoms with Crippen molar-refractivity contribution in [2.75, 3.05) is 12.4 Å². The van der Waals surface area contributed by atoms with E-state index in [1.54, 1.807) is 13.3 Å². The molecule has 2 heterocycles. The maximum Gasteiger partial charge on any atom is 0.232 e. The molecule has 0 bridgehead atoms. The van der Waals surface area contributed by atoms with Crippen molar-refractivity contribution in [1.29, 1.82) is 5.26 Å². The first-order chi connectivity index (χ1) is 11.2. The molecule has 2 aromatic heterocycles. The molecule has 0 saturated heterocycles. The van der Waals surface area contributed by atoms with E-state index in [9.17, 15) is 0 Å². The summed E-state index contributed by atoms with van der Waals surface area (Å²) in [5, 5.41) is 16.9. The molecule has 0 amide bonds. The molecule has 2 fully saturated rings. The van der Waals surface area contributed by atoms with Gasteiger partial charge in [0.25, 0.3) is 0 Å². The number of hydrogen-bond acceptors (Lipinski definition) is 6. The number of hydrogen-bond donors (Lipinski definition) is 1. The van der Waals surface area contributed by atoms with Crippen molar-refractivity contribution >= 4 is 27.6 Å². The minimum Gasteiger partial charge on any atom is -0.480 e. The lowest BCUT2D eigenvalue weighted by molar-refractivity contribution is 0.394. The Hall–Kier alpha value is -2.14. The summed E-state index contributed by atoms with van der Waals surface area (Å²) in [6.45, 7) is 0. The molecule has 1 unspecified atom stereocenters. The van der Waals surface area contributed by atoms with Crippen LogP contribution in [0.1, 0.15) is 36.9 Å². The van der Waals surface area contributed by atoms with Crippen LogP contribution in [0.2, 0.25) is 0 Å². The van der Waals surface area contributed by atoms with Crippen molar-refractivity contribution < 1.29 is 4.74 Å². The maximum atomic E-state index is 9.01. The highest BCUT2D eigenvalue weighted by Gasteiger charge is 2.41. The Balaban J connectivity index is 1.62. The molecule has 2 saturated carbocycles. The van der Waals surface area contributed by atoms with Crippen LogP contribution in [0, 0.1) is 17.2 Å². The third-order valence-electron chi connectivity index (χ3n) is 4.14. The lowest BCUT2D eigenvalue weighted by atomic mass is 10.2. The maximum absolute atomic E-state index is 9.01. The molecular weight excluding hydrogens is 360 g/mol. The summed E-state index contributed by atoms with van der Waals surface area (Å²) in [5.74, 6) is 1.53. The molecule has 4 rings (SSSR count). The molecule has 23 heavy (non-hydrogen) atoms. The van der Waals surface area contributed by atoms with E-state index in [1.807, 2.05) is 10.9 Å². The zero-order chi connectivity index (χ0) is 16.0. The van der Waals surface area contributed by atoms with Crippen molar-refractivity contribution in [1.82, 2.24) is 19.7 Å².